The predicted molar refractivity (Wildman–Crippen MR) is 441 cm³/mol. The van der Waals surface area contributed by atoms with Gasteiger partial charge in [-0.05, 0) is 174 Å². The second kappa shape index (κ2) is 53.2. The van der Waals surface area contributed by atoms with Crippen molar-refractivity contribution < 1.29 is 66.8 Å². The number of hydrogen-bond donors (Lipinski definition) is 13. The van der Waals surface area contributed by atoms with E-state index in [2.05, 4.69) is 90.3 Å². The molecule has 0 heterocycles. The first kappa shape index (κ1) is 104. The summed E-state index contributed by atoms with van der Waals surface area (Å²) in [5.41, 5.74) is 0. The summed E-state index contributed by atoms with van der Waals surface area (Å²) < 4.78 is 0.822. The zero-order valence-corrected chi connectivity index (χ0v) is 74.0. The van der Waals surface area contributed by atoms with E-state index in [0.29, 0.717) is 32.2 Å². The zero-order valence-electron chi connectivity index (χ0n) is 74.0. The average molecular weight is 1570 g/mol. The maximum Gasteiger partial charge on any atom is 0.243 e. The van der Waals surface area contributed by atoms with Crippen LogP contribution in [0.25, 0.3) is 0 Å². The van der Waals surface area contributed by atoms with Crippen molar-refractivity contribution in [2.24, 2.45) is 71.0 Å². The van der Waals surface area contributed by atoms with Crippen LogP contribution in [0.5, 0.6) is 0 Å². The van der Waals surface area contributed by atoms with Gasteiger partial charge in [0.1, 0.15) is 72.5 Å². The first-order chi connectivity index (χ1) is 51.3. The molecule has 0 aliphatic rings. The van der Waals surface area contributed by atoms with Gasteiger partial charge in [-0.2, -0.15) is 0 Å². The fourth-order valence-electron chi connectivity index (χ4n) is 13.1. The summed E-state index contributed by atoms with van der Waals surface area (Å²) in [6.45, 7) is 48.7. The van der Waals surface area contributed by atoms with Gasteiger partial charge in [0.05, 0.1) is 27.7 Å². The molecule has 642 valence electrons. The lowest BCUT2D eigenvalue weighted by Crippen LogP contribution is -2.61. The SMILES string of the molecule is CCCNC(=O)[C@H](CC(C)C)NC(=O)[C@H](CC(C)C)NC(=O)[C@H](CC(C)C)NC(=O)[C@H](CC(C)C)NC(=O)[C@H](CC(C)C)NC(=O)[C@H](CC(C)C)NC(=O)[C@H](CC(C)C)NC(=O)[C@H](CC(C)C)NC(=O)[C@H](CC(C)C)NC(=O)[C@H](CC(C)C)NC(=O)[C@H](CC(C)C)NC(=O)[C@H](CC(C)C)NC(=O)CCCCC[N+](C)(C)C. The number of nitrogens with zero attached hydrogens (tertiary/aromatic N) is 1. The number of carbonyl (C=O) groups excluding carboxylic acids is 13. The van der Waals surface area contributed by atoms with Crippen LogP contribution in [0.15, 0.2) is 0 Å². The van der Waals surface area contributed by atoms with Crippen molar-refractivity contribution >= 4 is 76.8 Å². The van der Waals surface area contributed by atoms with Crippen LogP contribution in [0.1, 0.15) is 282 Å². The molecule has 0 saturated carbocycles. The van der Waals surface area contributed by atoms with E-state index in [1.807, 2.05) is 173 Å². The van der Waals surface area contributed by atoms with Crippen LogP contribution in [-0.4, -0.2) is 188 Å². The first-order valence-electron chi connectivity index (χ1n) is 42.1. The molecule has 0 unspecified atom stereocenters. The molecule has 13 N–H and O–H groups in total. The fraction of sp³-hybridized carbons (Fsp3) is 0.845. The number of hydrogen-bond acceptors (Lipinski definition) is 13. The molecule has 0 fully saturated rings. The van der Waals surface area contributed by atoms with Crippen LogP contribution in [0, 0.1) is 71.0 Å². The van der Waals surface area contributed by atoms with Gasteiger partial charge in [-0.1, -0.05) is 173 Å². The summed E-state index contributed by atoms with van der Waals surface area (Å²) >= 11 is 0. The van der Waals surface area contributed by atoms with Crippen LogP contribution in [-0.2, 0) is 62.3 Å². The Labute approximate surface area is 669 Å². The second-order valence-corrected chi connectivity index (χ2v) is 37.5. The lowest BCUT2D eigenvalue weighted by Gasteiger charge is -2.30. The average Bonchev–Trinajstić information content (AvgIpc) is 0.860. The summed E-state index contributed by atoms with van der Waals surface area (Å²) in [7, 11) is 6.36. The van der Waals surface area contributed by atoms with Crippen molar-refractivity contribution in [1.29, 1.82) is 0 Å². The van der Waals surface area contributed by atoms with E-state index in [1.54, 1.807) is 0 Å². The Kier molecular flexibility index (Phi) is 49.9. The van der Waals surface area contributed by atoms with Crippen molar-refractivity contribution in [1.82, 2.24) is 69.1 Å². The summed E-state index contributed by atoms with van der Waals surface area (Å²) in [6, 6.07) is -13.4. The fourth-order valence-corrected chi connectivity index (χ4v) is 13.1. The highest BCUT2D eigenvalue weighted by Crippen LogP contribution is 2.20. The minimum absolute atomic E-state index is 0.0305. The van der Waals surface area contributed by atoms with Gasteiger partial charge in [-0.25, -0.2) is 0 Å². The third-order valence-electron chi connectivity index (χ3n) is 18.4. The molecule has 27 nitrogen and oxygen atoms in total. The number of carbonyl (C=O) groups is 13. The quantitative estimate of drug-likeness (QED) is 0.0202. The predicted octanol–water partition coefficient (Wildman–Crippen LogP) is 8.15. The summed E-state index contributed by atoms with van der Waals surface area (Å²) in [6.07, 6.45) is 5.72. The Morgan fingerprint density at radius 1 is 0.216 bits per heavy atom. The Balaban J connectivity index is 7.08. The Hall–Kier alpha value is -6.93. The smallest absolute Gasteiger partial charge is 0.243 e. The Bertz CT molecular complexity index is 2870. The van der Waals surface area contributed by atoms with Gasteiger partial charge in [0.2, 0.25) is 76.8 Å². The monoisotopic (exact) mass is 1570 g/mol. The highest BCUT2D eigenvalue weighted by molar-refractivity contribution is 6.00. The van der Waals surface area contributed by atoms with Gasteiger partial charge in [-0.3, -0.25) is 62.3 Å². The number of rotatable bonds is 56. The van der Waals surface area contributed by atoms with Crippen molar-refractivity contribution in [3.8, 4) is 0 Å². The van der Waals surface area contributed by atoms with E-state index >= 15 is 0 Å². The van der Waals surface area contributed by atoms with Crippen LogP contribution in [0.2, 0.25) is 0 Å². The molecule has 0 bridgehead atoms. The highest BCUT2D eigenvalue weighted by Gasteiger charge is 2.39. The van der Waals surface area contributed by atoms with Crippen LogP contribution >= 0.6 is 0 Å². The number of amides is 13. The molecule has 0 aliphatic carbocycles. The van der Waals surface area contributed by atoms with Crippen LogP contribution < -0.4 is 69.1 Å². The van der Waals surface area contributed by atoms with Crippen molar-refractivity contribution in [2.45, 2.75) is 355 Å². The van der Waals surface area contributed by atoms with Crippen LogP contribution in [0.4, 0.5) is 0 Å². The van der Waals surface area contributed by atoms with Crippen molar-refractivity contribution in [3.05, 3.63) is 0 Å². The lowest BCUT2D eigenvalue weighted by molar-refractivity contribution is -0.870. The van der Waals surface area contributed by atoms with E-state index in [-0.39, 0.29) is 153 Å². The van der Waals surface area contributed by atoms with Crippen molar-refractivity contribution in [3.63, 3.8) is 0 Å². The minimum atomic E-state index is -1.23. The summed E-state index contributed by atoms with van der Waals surface area (Å²) in [5, 5.41) is 37.5. The molecule has 0 aromatic rings. The molecular weight excluding hydrogens is 1410 g/mol. The number of quaternary nitrogens is 1. The number of unbranched alkanes of at least 4 members (excludes halogenated alkanes) is 2. The molecular formula is C84H159N14O13+. The van der Waals surface area contributed by atoms with E-state index in [4.69, 9.17) is 0 Å². The minimum Gasteiger partial charge on any atom is -0.354 e. The number of nitrogens with one attached hydrogen (secondary N) is 13. The van der Waals surface area contributed by atoms with E-state index < -0.39 is 137 Å². The van der Waals surface area contributed by atoms with Gasteiger partial charge < -0.3 is 73.6 Å². The molecule has 111 heavy (non-hydrogen) atoms. The van der Waals surface area contributed by atoms with Gasteiger partial charge >= 0.3 is 0 Å². The van der Waals surface area contributed by atoms with E-state index in [0.717, 1.165) is 23.9 Å². The van der Waals surface area contributed by atoms with Gasteiger partial charge in [0.25, 0.3) is 0 Å². The van der Waals surface area contributed by atoms with Gasteiger partial charge in [-0.15, -0.1) is 0 Å². The molecule has 13 amide bonds. The maximum atomic E-state index is 14.8. The van der Waals surface area contributed by atoms with E-state index in [1.165, 1.54) is 0 Å². The standard InChI is InChI=1S/C84H158N14O13/c1-29-34-85-73(100)60(36-48(2)3)87-75(102)62(38-50(6)7)89-77(104)64(40-52(10)11)91-79(106)66(42-54(14)15)93-81(108)68(44-56(18)19)95-83(110)70(46-58(22)23)97-84(111)71(47-59(24)25)96-82(109)69(45-57(20)21)94-80(107)67(43-55(16)17)92-78(105)65(41-53(12)13)90-76(103)63(39-51(8)9)88-74(101)61(37-49(4)5)86-72(99)33-31-30-32-35-98(26,27)28/h48-71H,29-47H2,1-28H3,(H12-,85,86,87,88,89,90,91,92,93,94,95,96,97,99,100,101,102,103,104,105,106,107,108,109,110,111)/p+1/t60-,61-,62-,63-,64-,65-,66-,67-,68-,69-,70-,71-/m0/s1. The molecule has 0 radical (unpaired) electrons. The topological polar surface area (TPSA) is 378 Å². The Morgan fingerprint density at radius 3 is 0.514 bits per heavy atom. The molecule has 12 atom stereocenters. The molecule has 0 rings (SSSR count). The van der Waals surface area contributed by atoms with Gasteiger partial charge in [0.15, 0.2) is 0 Å². The second-order valence-electron chi connectivity index (χ2n) is 37.5. The van der Waals surface area contributed by atoms with Crippen LogP contribution in [0.3, 0.4) is 0 Å². The summed E-state index contributed by atoms with van der Waals surface area (Å²) in [5.74, 6) is -8.80. The normalized spacial score (nSPS) is 15.3. The van der Waals surface area contributed by atoms with E-state index in [9.17, 15) is 62.3 Å². The highest BCUT2D eigenvalue weighted by atomic mass is 16.2. The molecule has 0 aromatic carbocycles. The van der Waals surface area contributed by atoms with Gasteiger partial charge in [0, 0.05) is 13.0 Å². The maximum absolute atomic E-state index is 14.8. The zero-order chi connectivity index (χ0) is 85.5. The molecule has 0 aliphatic heterocycles. The first-order valence-corrected chi connectivity index (χ1v) is 42.1. The lowest BCUT2D eigenvalue weighted by atomic mass is 9.97. The van der Waals surface area contributed by atoms with Crippen molar-refractivity contribution in [2.75, 3.05) is 34.2 Å². The largest absolute Gasteiger partial charge is 0.354 e. The molecule has 0 aromatic heterocycles. The third kappa shape index (κ3) is 46.8. The molecule has 0 spiro atoms. The summed E-state index contributed by atoms with van der Waals surface area (Å²) in [4.78, 5) is 186. The Morgan fingerprint density at radius 2 is 0.369 bits per heavy atom. The molecule has 0 saturated heterocycles. The third-order valence-corrected chi connectivity index (χ3v) is 18.4. The molecule has 27 heteroatoms.